The summed E-state index contributed by atoms with van der Waals surface area (Å²) in [5.41, 5.74) is 1.89. The summed E-state index contributed by atoms with van der Waals surface area (Å²) >= 11 is 3.39. The first kappa shape index (κ1) is 15.4. The van der Waals surface area contributed by atoms with Gasteiger partial charge in [0.1, 0.15) is 22.9 Å². The molecule has 3 aromatic rings. The average molecular weight is 375 g/mol. The molecule has 0 saturated carbocycles. The van der Waals surface area contributed by atoms with Crippen molar-refractivity contribution < 1.29 is 14.6 Å². The van der Waals surface area contributed by atoms with Gasteiger partial charge in [-0.2, -0.15) is 5.10 Å². The number of rotatable bonds is 4. The van der Waals surface area contributed by atoms with Crippen LogP contribution in [0.2, 0.25) is 0 Å². The van der Waals surface area contributed by atoms with Gasteiger partial charge in [0.25, 0.3) is 0 Å². The monoisotopic (exact) mass is 374 g/mol. The molecule has 0 aliphatic rings. The number of aromatic hydroxyl groups is 1. The highest BCUT2D eigenvalue weighted by atomic mass is 79.9. The number of hydrogen-bond acceptors (Lipinski definition) is 4. The second-order valence-corrected chi connectivity index (χ2v) is 5.88. The minimum atomic E-state index is 0.0801. The normalized spacial score (nSPS) is 10.6. The van der Waals surface area contributed by atoms with Crippen LogP contribution in [0.4, 0.5) is 0 Å². The maximum atomic E-state index is 10.2. The van der Waals surface area contributed by atoms with E-state index < -0.39 is 0 Å². The SMILES string of the molecule is COc1ccc(-c2n[nH]c(C)c2Oc2ccc(Br)cc2)c(O)c1. The first-order chi connectivity index (χ1) is 11.1. The Labute approximate surface area is 142 Å². The van der Waals surface area contributed by atoms with E-state index in [-0.39, 0.29) is 5.75 Å². The molecule has 3 rings (SSSR count). The van der Waals surface area contributed by atoms with Gasteiger partial charge in [0, 0.05) is 16.1 Å². The van der Waals surface area contributed by atoms with Crippen molar-refractivity contribution in [3.05, 3.63) is 52.6 Å². The zero-order valence-electron chi connectivity index (χ0n) is 12.6. The van der Waals surface area contributed by atoms with Gasteiger partial charge in [-0.25, -0.2) is 0 Å². The molecule has 5 nitrogen and oxygen atoms in total. The average Bonchev–Trinajstić information content (AvgIpc) is 2.90. The van der Waals surface area contributed by atoms with E-state index in [2.05, 4.69) is 26.1 Å². The molecule has 0 saturated heterocycles. The maximum absolute atomic E-state index is 10.2. The molecule has 118 valence electrons. The highest BCUT2D eigenvalue weighted by Crippen LogP contribution is 2.39. The molecule has 0 bridgehead atoms. The van der Waals surface area contributed by atoms with Gasteiger partial charge in [-0.1, -0.05) is 15.9 Å². The number of phenolic OH excluding ortho intramolecular Hbond substituents is 1. The fourth-order valence-electron chi connectivity index (χ4n) is 2.19. The van der Waals surface area contributed by atoms with Crippen molar-refractivity contribution in [3.8, 4) is 34.3 Å². The Morgan fingerprint density at radius 1 is 1.09 bits per heavy atom. The van der Waals surface area contributed by atoms with Gasteiger partial charge in [-0.3, -0.25) is 5.10 Å². The molecule has 23 heavy (non-hydrogen) atoms. The van der Waals surface area contributed by atoms with E-state index in [0.29, 0.717) is 28.5 Å². The van der Waals surface area contributed by atoms with Crippen molar-refractivity contribution in [2.24, 2.45) is 0 Å². The Morgan fingerprint density at radius 2 is 1.78 bits per heavy atom. The first-order valence-corrected chi connectivity index (χ1v) is 7.73. The van der Waals surface area contributed by atoms with Gasteiger partial charge in [-0.05, 0) is 43.3 Å². The predicted octanol–water partition coefficient (Wildman–Crippen LogP) is 4.65. The van der Waals surface area contributed by atoms with Crippen LogP contribution in [0.15, 0.2) is 46.9 Å². The molecule has 1 aromatic heterocycles. The minimum Gasteiger partial charge on any atom is -0.507 e. The molecule has 0 fully saturated rings. The van der Waals surface area contributed by atoms with E-state index in [9.17, 15) is 5.11 Å². The Bertz CT molecular complexity index is 828. The number of nitrogens with zero attached hydrogens (tertiary/aromatic N) is 1. The largest absolute Gasteiger partial charge is 0.507 e. The molecule has 2 aromatic carbocycles. The quantitative estimate of drug-likeness (QED) is 0.696. The molecule has 0 spiro atoms. The minimum absolute atomic E-state index is 0.0801. The third-order valence-corrected chi connectivity index (χ3v) is 3.91. The second-order valence-electron chi connectivity index (χ2n) is 4.97. The van der Waals surface area contributed by atoms with Crippen molar-refractivity contribution in [1.82, 2.24) is 10.2 Å². The summed E-state index contributed by atoms with van der Waals surface area (Å²) < 4.78 is 12.0. The van der Waals surface area contributed by atoms with E-state index in [1.807, 2.05) is 31.2 Å². The van der Waals surface area contributed by atoms with Crippen LogP contribution in [0.5, 0.6) is 23.0 Å². The van der Waals surface area contributed by atoms with Gasteiger partial charge in [0.15, 0.2) is 5.75 Å². The van der Waals surface area contributed by atoms with Gasteiger partial charge < -0.3 is 14.6 Å². The number of aromatic nitrogens is 2. The summed E-state index contributed by atoms with van der Waals surface area (Å²) in [4.78, 5) is 0. The van der Waals surface area contributed by atoms with Crippen LogP contribution < -0.4 is 9.47 Å². The van der Waals surface area contributed by atoms with Crippen LogP contribution in [-0.2, 0) is 0 Å². The van der Waals surface area contributed by atoms with Crippen LogP contribution in [0, 0.1) is 6.92 Å². The lowest BCUT2D eigenvalue weighted by Crippen LogP contribution is -1.89. The lowest BCUT2D eigenvalue weighted by atomic mass is 10.1. The summed E-state index contributed by atoms with van der Waals surface area (Å²) in [6.07, 6.45) is 0. The van der Waals surface area contributed by atoms with Crippen molar-refractivity contribution in [1.29, 1.82) is 0 Å². The van der Waals surface area contributed by atoms with Gasteiger partial charge in [-0.15, -0.1) is 0 Å². The molecule has 0 aliphatic heterocycles. The summed E-state index contributed by atoms with van der Waals surface area (Å²) in [5.74, 6) is 1.92. The van der Waals surface area contributed by atoms with Crippen LogP contribution in [0.3, 0.4) is 0 Å². The van der Waals surface area contributed by atoms with Crippen molar-refractivity contribution in [2.75, 3.05) is 7.11 Å². The number of nitrogens with one attached hydrogen (secondary N) is 1. The zero-order chi connectivity index (χ0) is 16.4. The molecule has 0 radical (unpaired) electrons. The van der Waals surface area contributed by atoms with Crippen molar-refractivity contribution in [3.63, 3.8) is 0 Å². The number of ether oxygens (including phenoxy) is 2. The number of H-pyrrole nitrogens is 1. The highest BCUT2D eigenvalue weighted by Gasteiger charge is 2.18. The smallest absolute Gasteiger partial charge is 0.176 e. The van der Waals surface area contributed by atoms with Crippen LogP contribution in [-0.4, -0.2) is 22.4 Å². The molecule has 0 unspecified atom stereocenters. The molecule has 2 N–H and O–H groups in total. The van der Waals surface area contributed by atoms with E-state index in [4.69, 9.17) is 9.47 Å². The summed E-state index contributed by atoms with van der Waals surface area (Å²) in [6.45, 7) is 1.87. The van der Waals surface area contributed by atoms with E-state index in [0.717, 1.165) is 10.2 Å². The third-order valence-electron chi connectivity index (χ3n) is 3.38. The number of aromatic amines is 1. The number of halogens is 1. The van der Waals surface area contributed by atoms with Crippen molar-refractivity contribution >= 4 is 15.9 Å². The number of hydrogen-bond donors (Lipinski definition) is 2. The molecular formula is C17H15BrN2O3. The van der Waals surface area contributed by atoms with Crippen LogP contribution in [0.1, 0.15) is 5.69 Å². The standard InChI is InChI=1S/C17H15BrN2O3/c1-10-17(23-12-5-3-11(18)4-6-12)16(20-19-10)14-8-7-13(22-2)9-15(14)21/h3-9,21H,1-2H3,(H,19,20). The van der Waals surface area contributed by atoms with Crippen LogP contribution in [0.25, 0.3) is 11.3 Å². The van der Waals surface area contributed by atoms with Crippen LogP contribution >= 0.6 is 15.9 Å². The Hall–Kier alpha value is -2.47. The maximum Gasteiger partial charge on any atom is 0.176 e. The predicted molar refractivity (Wildman–Crippen MR) is 91.2 cm³/mol. The number of phenols is 1. The highest BCUT2D eigenvalue weighted by molar-refractivity contribution is 9.10. The van der Waals surface area contributed by atoms with E-state index in [1.165, 1.54) is 0 Å². The molecule has 1 heterocycles. The van der Waals surface area contributed by atoms with E-state index in [1.54, 1.807) is 25.3 Å². The van der Waals surface area contributed by atoms with Crippen molar-refractivity contribution in [2.45, 2.75) is 6.92 Å². The van der Waals surface area contributed by atoms with Gasteiger partial charge in [0.05, 0.1) is 12.8 Å². The second kappa shape index (κ2) is 6.34. The Morgan fingerprint density at radius 3 is 2.43 bits per heavy atom. The molecule has 0 aliphatic carbocycles. The lowest BCUT2D eigenvalue weighted by molar-refractivity contribution is 0.408. The Balaban J connectivity index is 2.00. The van der Waals surface area contributed by atoms with Gasteiger partial charge in [0.2, 0.25) is 0 Å². The van der Waals surface area contributed by atoms with Gasteiger partial charge >= 0.3 is 0 Å². The molecular weight excluding hydrogens is 360 g/mol. The fraction of sp³-hybridized carbons (Fsp3) is 0.118. The third kappa shape index (κ3) is 3.17. The van der Waals surface area contributed by atoms with E-state index >= 15 is 0 Å². The lowest BCUT2D eigenvalue weighted by Gasteiger charge is -2.09. The molecule has 0 atom stereocenters. The summed E-state index contributed by atoms with van der Waals surface area (Å²) in [5, 5.41) is 17.4. The number of methoxy groups -OCH3 is 1. The summed E-state index contributed by atoms with van der Waals surface area (Å²) in [6, 6.07) is 12.6. The Kier molecular flexibility index (Phi) is 4.25. The molecule has 0 amide bonds. The first-order valence-electron chi connectivity index (χ1n) is 6.94. The molecule has 6 heteroatoms. The summed E-state index contributed by atoms with van der Waals surface area (Å²) in [7, 11) is 1.55. The topological polar surface area (TPSA) is 67.4 Å². The fourth-order valence-corrected chi connectivity index (χ4v) is 2.45. The number of aryl methyl sites for hydroxylation is 1. The zero-order valence-corrected chi connectivity index (χ0v) is 14.2. The number of benzene rings is 2.